The van der Waals surface area contributed by atoms with Gasteiger partial charge in [0.2, 0.25) is 10.0 Å². The number of hydrogen-bond acceptors (Lipinski definition) is 5. The predicted molar refractivity (Wildman–Crippen MR) is 106 cm³/mol. The Morgan fingerprint density at radius 2 is 1.85 bits per heavy atom. The van der Waals surface area contributed by atoms with Crippen molar-refractivity contribution in [2.75, 3.05) is 21.1 Å². The molecule has 2 N–H and O–H groups in total. The molecule has 0 aliphatic carbocycles. The summed E-state index contributed by atoms with van der Waals surface area (Å²) < 4.78 is 26.1. The lowest BCUT2D eigenvalue weighted by Gasteiger charge is -2.16. The van der Waals surface area contributed by atoms with Gasteiger partial charge in [0.05, 0.1) is 17.1 Å². The van der Waals surface area contributed by atoms with Crippen LogP contribution in [0.1, 0.15) is 21.1 Å². The van der Waals surface area contributed by atoms with Crippen LogP contribution in [-0.4, -0.2) is 44.8 Å². The summed E-state index contributed by atoms with van der Waals surface area (Å²) in [7, 11) is 1.23. The third kappa shape index (κ3) is 4.80. The third-order valence-corrected chi connectivity index (χ3v) is 6.87. The predicted octanol–water partition coefficient (Wildman–Crippen LogP) is 1.88. The van der Waals surface area contributed by atoms with Crippen LogP contribution in [0.5, 0.6) is 0 Å². The van der Waals surface area contributed by atoms with Gasteiger partial charge >= 0.3 is 0 Å². The zero-order valence-corrected chi connectivity index (χ0v) is 17.3. The molecule has 0 radical (unpaired) electrons. The Morgan fingerprint density at radius 3 is 2.42 bits per heavy atom. The first-order valence-electron chi connectivity index (χ1n) is 8.13. The van der Waals surface area contributed by atoms with Crippen molar-refractivity contribution in [1.29, 1.82) is 0 Å². The highest BCUT2D eigenvalue weighted by molar-refractivity contribution is 7.89. The SMILES string of the molecule is CN=C(NCc1nc(C)c(C)s1)NCc1ccccc1S(=O)(=O)N(C)C. The Hall–Kier alpha value is -1.97. The lowest BCUT2D eigenvalue weighted by atomic mass is 10.2. The minimum Gasteiger partial charge on any atom is -0.352 e. The van der Waals surface area contributed by atoms with E-state index in [1.54, 1.807) is 36.6 Å². The van der Waals surface area contributed by atoms with Crippen LogP contribution in [0.4, 0.5) is 0 Å². The molecule has 0 spiro atoms. The van der Waals surface area contributed by atoms with E-state index in [1.807, 2.05) is 19.9 Å². The van der Waals surface area contributed by atoms with E-state index in [2.05, 4.69) is 20.6 Å². The van der Waals surface area contributed by atoms with E-state index < -0.39 is 10.0 Å². The van der Waals surface area contributed by atoms with Gasteiger partial charge in [-0.3, -0.25) is 4.99 Å². The lowest BCUT2D eigenvalue weighted by molar-refractivity contribution is 0.519. The van der Waals surface area contributed by atoms with Crippen molar-refractivity contribution in [3.8, 4) is 0 Å². The van der Waals surface area contributed by atoms with E-state index in [-0.39, 0.29) is 0 Å². The first kappa shape index (κ1) is 20.3. The fourth-order valence-corrected chi connectivity index (χ4v) is 4.26. The quantitative estimate of drug-likeness (QED) is 0.576. The molecule has 26 heavy (non-hydrogen) atoms. The molecule has 2 aromatic rings. The van der Waals surface area contributed by atoms with Gasteiger partial charge in [0.1, 0.15) is 5.01 Å². The number of rotatable bonds is 6. The first-order chi connectivity index (χ1) is 12.3. The molecule has 0 saturated heterocycles. The number of hydrogen-bond donors (Lipinski definition) is 2. The summed E-state index contributed by atoms with van der Waals surface area (Å²) in [5.74, 6) is 0.590. The Bertz CT molecular complexity index is 869. The summed E-state index contributed by atoms with van der Waals surface area (Å²) in [6.45, 7) is 4.95. The second-order valence-electron chi connectivity index (χ2n) is 5.92. The monoisotopic (exact) mass is 395 g/mol. The fraction of sp³-hybridized carbons (Fsp3) is 0.412. The zero-order valence-electron chi connectivity index (χ0n) is 15.7. The van der Waals surface area contributed by atoms with Gasteiger partial charge in [0, 0.05) is 32.6 Å². The summed E-state index contributed by atoms with van der Waals surface area (Å²) >= 11 is 1.65. The molecule has 0 amide bonds. The number of guanidine groups is 1. The van der Waals surface area contributed by atoms with Crippen LogP contribution in [0.3, 0.4) is 0 Å². The van der Waals surface area contributed by atoms with Crippen LogP contribution < -0.4 is 10.6 Å². The van der Waals surface area contributed by atoms with E-state index in [0.29, 0.717) is 29.5 Å². The molecule has 0 saturated carbocycles. The molecule has 1 aromatic carbocycles. The van der Waals surface area contributed by atoms with Crippen LogP contribution in [0.2, 0.25) is 0 Å². The van der Waals surface area contributed by atoms with E-state index >= 15 is 0 Å². The molecule has 1 aromatic heterocycles. The highest BCUT2D eigenvalue weighted by Crippen LogP contribution is 2.18. The third-order valence-electron chi connectivity index (χ3n) is 3.88. The van der Waals surface area contributed by atoms with Crippen molar-refractivity contribution in [2.24, 2.45) is 4.99 Å². The van der Waals surface area contributed by atoms with E-state index in [4.69, 9.17) is 0 Å². The molecule has 9 heteroatoms. The summed E-state index contributed by atoms with van der Waals surface area (Å²) in [5.41, 5.74) is 1.72. The number of nitrogens with one attached hydrogen (secondary N) is 2. The summed E-state index contributed by atoms with van der Waals surface area (Å²) in [6.07, 6.45) is 0. The van der Waals surface area contributed by atoms with Gasteiger partial charge in [0.25, 0.3) is 0 Å². The van der Waals surface area contributed by atoms with Crippen molar-refractivity contribution in [1.82, 2.24) is 19.9 Å². The maximum absolute atomic E-state index is 12.5. The highest BCUT2D eigenvalue weighted by Gasteiger charge is 2.20. The smallest absolute Gasteiger partial charge is 0.242 e. The van der Waals surface area contributed by atoms with Crippen molar-refractivity contribution >= 4 is 27.3 Å². The molecule has 0 aliphatic rings. The van der Waals surface area contributed by atoms with Crippen LogP contribution >= 0.6 is 11.3 Å². The van der Waals surface area contributed by atoms with Gasteiger partial charge in [-0.2, -0.15) is 0 Å². The topological polar surface area (TPSA) is 86.7 Å². The standard InChI is InChI=1S/C17H25N5O2S2/c1-12-13(2)25-16(21-12)11-20-17(18-3)19-10-14-8-6-7-9-15(14)26(23,24)22(4)5/h6-9H,10-11H2,1-5H3,(H2,18,19,20). The largest absolute Gasteiger partial charge is 0.352 e. The summed E-state index contributed by atoms with van der Waals surface area (Å²) in [5, 5.41) is 7.35. The molecule has 2 rings (SSSR count). The molecule has 0 aliphatic heterocycles. The Morgan fingerprint density at radius 1 is 1.19 bits per heavy atom. The molecule has 0 atom stereocenters. The second-order valence-corrected chi connectivity index (χ2v) is 9.33. The number of sulfonamides is 1. The molecule has 7 nitrogen and oxygen atoms in total. The molecular formula is C17H25N5O2S2. The molecular weight excluding hydrogens is 370 g/mol. The van der Waals surface area contributed by atoms with Crippen molar-refractivity contribution in [3.63, 3.8) is 0 Å². The summed E-state index contributed by atoms with van der Waals surface area (Å²) in [4.78, 5) is 10.2. The number of aryl methyl sites for hydroxylation is 2. The van der Waals surface area contributed by atoms with E-state index in [1.165, 1.54) is 23.3 Å². The van der Waals surface area contributed by atoms with Crippen molar-refractivity contribution in [2.45, 2.75) is 31.8 Å². The maximum atomic E-state index is 12.5. The minimum absolute atomic E-state index is 0.291. The molecule has 0 unspecified atom stereocenters. The van der Waals surface area contributed by atoms with Gasteiger partial charge in [-0.05, 0) is 25.5 Å². The second kappa shape index (κ2) is 8.61. The van der Waals surface area contributed by atoms with Gasteiger partial charge in [-0.1, -0.05) is 18.2 Å². The van der Waals surface area contributed by atoms with Gasteiger partial charge in [-0.15, -0.1) is 11.3 Å². The number of nitrogens with zero attached hydrogens (tertiary/aromatic N) is 3. The fourth-order valence-electron chi connectivity index (χ4n) is 2.27. The van der Waals surface area contributed by atoms with Gasteiger partial charge in [0.15, 0.2) is 5.96 Å². The van der Waals surface area contributed by atoms with Crippen LogP contribution in [-0.2, 0) is 23.1 Å². The van der Waals surface area contributed by atoms with E-state index in [9.17, 15) is 8.42 Å². The van der Waals surface area contributed by atoms with Crippen molar-refractivity contribution < 1.29 is 8.42 Å². The van der Waals surface area contributed by atoms with Crippen LogP contribution in [0, 0.1) is 13.8 Å². The maximum Gasteiger partial charge on any atom is 0.242 e. The molecule has 0 bridgehead atoms. The van der Waals surface area contributed by atoms with Gasteiger partial charge < -0.3 is 10.6 Å². The Labute approximate surface area is 159 Å². The Balaban J connectivity index is 2.05. The molecule has 142 valence electrons. The number of aliphatic imine (C=N–C) groups is 1. The minimum atomic E-state index is -3.49. The van der Waals surface area contributed by atoms with Crippen molar-refractivity contribution in [3.05, 3.63) is 45.4 Å². The van der Waals surface area contributed by atoms with E-state index in [0.717, 1.165) is 10.7 Å². The van der Waals surface area contributed by atoms with Gasteiger partial charge in [-0.25, -0.2) is 17.7 Å². The number of thiazole rings is 1. The number of aromatic nitrogens is 1. The molecule has 1 heterocycles. The number of benzene rings is 1. The zero-order chi connectivity index (χ0) is 19.3. The molecule has 0 fully saturated rings. The average molecular weight is 396 g/mol. The average Bonchev–Trinajstić information content (AvgIpc) is 2.93. The first-order valence-corrected chi connectivity index (χ1v) is 10.4. The van der Waals surface area contributed by atoms with Crippen LogP contribution in [0.25, 0.3) is 0 Å². The Kier molecular flexibility index (Phi) is 6.74. The van der Waals surface area contributed by atoms with Crippen LogP contribution in [0.15, 0.2) is 34.2 Å². The summed E-state index contributed by atoms with van der Waals surface area (Å²) in [6, 6.07) is 6.96. The highest BCUT2D eigenvalue weighted by atomic mass is 32.2. The lowest BCUT2D eigenvalue weighted by Crippen LogP contribution is -2.36. The normalized spacial score (nSPS) is 12.5.